The molecule has 178 valence electrons. The lowest BCUT2D eigenvalue weighted by Crippen LogP contribution is -2.24. The lowest BCUT2D eigenvalue weighted by Gasteiger charge is -2.21. The Bertz CT molecular complexity index is 1250. The molecule has 2 aromatic heterocycles. The van der Waals surface area contributed by atoms with Crippen molar-refractivity contribution in [2.24, 2.45) is 12.5 Å². The number of hydrogen-bond acceptors (Lipinski definition) is 6. The SMILES string of the molecule is Cc1nc(N[C@H](C)c2cc(N)cc(C(F)(F)F)c2)c2cc(OCC(C)(C)C)n(C)c(=O)c2n1. The van der Waals surface area contributed by atoms with Crippen molar-refractivity contribution in [2.75, 3.05) is 17.7 Å². The van der Waals surface area contributed by atoms with E-state index in [9.17, 15) is 18.0 Å². The van der Waals surface area contributed by atoms with E-state index in [0.29, 0.717) is 35.1 Å². The summed E-state index contributed by atoms with van der Waals surface area (Å²) in [5.41, 5.74) is 4.91. The van der Waals surface area contributed by atoms with Crippen molar-refractivity contribution in [1.82, 2.24) is 14.5 Å². The quantitative estimate of drug-likeness (QED) is 0.526. The predicted octanol–water partition coefficient (Wildman–Crippen LogP) is 4.84. The zero-order valence-corrected chi connectivity index (χ0v) is 19.5. The van der Waals surface area contributed by atoms with Crippen LogP contribution in [0.4, 0.5) is 24.7 Å². The van der Waals surface area contributed by atoms with Gasteiger partial charge in [-0.15, -0.1) is 0 Å². The van der Waals surface area contributed by atoms with Crippen LogP contribution in [0.5, 0.6) is 5.88 Å². The summed E-state index contributed by atoms with van der Waals surface area (Å²) >= 11 is 0. The van der Waals surface area contributed by atoms with Crippen LogP contribution in [0.3, 0.4) is 0 Å². The van der Waals surface area contributed by atoms with Crippen LogP contribution in [0, 0.1) is 12.3 Å². The van der Waals surface area contributed by atoms with Crippen molar-refractivity contribution >= 4 is 22.4 Å². The molecule has 0 aliphatic rings. The fraction of sp³-hybridized carbons (Fsp3) is 0.435. The van der Waals surface area contributed by atoms with Gasteiger partial charge in [-0.25, -0.2) is 9.97 Å². The summed E-state index contributed by atoms with van der Waals surface area (Å²) in [6, 6.07) is 4.48. The number of ether oxygens (including phenoxy) is 1. The van der Waals surface area contributed by atoms with Crippen molar-refractivity contribution in [2.45, 2.75) is 46.8 Å². The van der Waals surface area contributed by atoms with Gasteiger partial charge in [0, 0.05) is 18.8 Å². The maximum Gasteiger partial charge on any atom is 0.416 e. The van der Waals surface area contributed by atoms with Crippen LogP contribution in [0.25, 0.3) is 10.9 Å². The Kier molecular flexibility index (Phi) is 6.32. The standard InChI is InChI=1S/C23H28F3N5O2/c1-12(14-7-15(23(24,25)26)9-16(27)8-14)28-20-17-10-18(33-11-22(3,4)5)31(6)21(32)19(17)29-13(2)30-20/h7-10,12H,11,27H2,1-6H3,(H,28,29,30)/t12-/m1/s1. The van der Waals surface area contributed by atoms with E-state index in [1.165, 1.54) is 10.6 Å². The molecule has 33 heavy (non-hydrogen) atoms. The number of aromatic nitrogens is 3. The molecule has 3 rings (SSSR count). The van der Waals surface area contributed by atoms with Gasteiger partial charge in [-0.05, 0) is 43.0 Å². The lowest BCUT2D eigenvalue weighted by atomic mass is 9.99. The number of nitrogens with one attached hydrogen (secondary N) is 1. The van der Waals surface area contributed by atoms with Crippen LogP contribution in [-0.4, -0.2) is 21.1 Å². The lowest BCUT2D eigenvalue weighted by molar-refractivity contribution is -0.137. The van der Waals surface area contributed by atoms with Gasteiger partial charge in [0.1, 0.15) is 17.2 Å². The van der Waals surface area contributed by atoms with Crippen LogP contribution in [-0.2, 0) is 13.2 Å². The predicted molar refractivity (Wildman–Crippen MR) is 122 cm³/mol. The summed E-state index contributed by atoms with van der Waals surface area (Å²) in [6.45, 7) is 9.73. The van der Waals surface area contributed by atoms with Gasteiger partial charge in [0.05, 0.1) is 23.6 Å². The Morgan fingerprint density at radius 1 is 1.15 bits per heavy atom. The fourth-order valence-electron chi connectivity index (χ4n) is 3.28. The van der Waals surface area contributed by atoms with E-state index in [4.69, 9.17) is 10.5 Å². The number of anilines is 2. The summed E-state index contributed by atoms with van der Waals surface area (Å²) in [7, 11) is 1.60. The fourth-order valence-corrected chi connectivity index (χ4v) is 3.28. The number of pyridine rings is 1. The molecule has 0 aliphatic heterocycles. The van der Waals surface area contributed by atoms with Crippen molar-refractivity contribution in [3.63, 3.8) is 0 Å². The second kappa shape index (κ2) is 8.57. The molecule has 0 fully saturated rings. The topological polar surface area (TPSA) is 95.1 Å². The first kappa shape index (κ1) is 24.3. The van der Waals surface area contributed by atoms with Crippen molar-refractivity contribution in [3.8, 4) is 5.88 Å². The molecule has 0 radical (unpaired) electrons. The van der Waals surface area contributed by atoms with Gasteiger partial charge in [0.15, 0.2) is 5.88 Å². The van der Waals surface area contributed by atoms with Gasteiger partial charge in [-0.1, -0.05) is 20.8 Å². The molecule has 3 aromatic rings. The molecule has 0 amide bonds. The highest BCUT2D eigenvalue weighted by atomic mass is 19.4. The highest BCUT2D eigenvalue weighted by Gasteiger charge is 2.31. The molecule has 2 heterocycles. The van der Waals surface area contributed by atoms with E-state index in [1.807, 2.05) is 20.8 Å². The minimum Gasteiger partial charge on any atom is -0.478 e. The third kappa shape index (κ3) is 5.55. The second-order valence-corrected chi connectivity index (χ2v) is 9.33. The number of hydrogen-bond donors (Lipinski definition) is 2. The molecule has 0 bridgehead atoms. The number of aryl methyl sites for hydroxylation is 1. The average Bonchev–Trinajstić information content (AvgIpc) is 2.68. The maximum absolute atomic E-state index is 13.2. The minimum atomic E-state index is -4.52. The van der Waals surface area contributed by atoms with Gasteiger partial charge in [0.2, 0.25) is 0 Å². The normalized spacial score (nSPS) is 13.2. The summed E-state index contributed by atoms with van der Waals surface area (Å²) in [5, 5.41) is 3.53. The Morgan fingerprint density at radius 2 is 1.82 bits per heavy atom. The Morgan fingerprint density at radius 3 is 2.42 bits per heavy atom. The smallest absolute Gasteiger partial charge is 0.416 e. The van der Waals surface area contributed by atoms with E-state index in [1.54, 1.807) is 27.0 Å². The van der Waals surface area contributed by atoms with Gasteiger partial charge in [-0.2, -0.15) is 13.2 Å². The first-order valence-electron chi connectivity index (χ1n) is 10.4. The molecular formula is C23H28F3N5O2. The molecule has 7 nitrogen and oxygen atoms in total. The average molecular weight is 464 g/mol. The molecule has 0 aliphatic carbocycles. The first-order chi connectivity index (χ1) is 15.2. The highest BCUT2D eigenvalue weighted by molar-refractivity contribution is 5.89. The number of nitrogens with zero attached hydrogens (tertiary/aromatic N) is 3. The third-order valence-electron chi connectivity index (χ3n) is 4.97. The largest absolute Gasteiger partial charge is 0.478 e. The summed E-state index contributed by atoms with van der Waals surface area (Å²) in [6.07, 6.45) is -4.52. The van der Waals surface area contributed by atoms with Crippen LogP contribution >= 0.6 is 0 Å². The number of halogens is 3. The van der Waals surface area contributed by atoms with Crippen molar-refractivity contribution in [1.29, 1.82) is 0 Å². The number of alkyl halides is 3. The molecule has 10 heteroatoms. The summed E-state index contributed by atoms with van der Waals surface area (Å²) < 4.78 is 47.0. The number of benzene rings is 1. The number of nitrogen functional groups attached to an aromatic ring is 1. The second-order valence-electron chi connectivity index (χ2n) is 9.33. The Balaban J connectivity index is 2.07. The maximum atomic E-state index is 13.2. The summed E-state index contributed by atoms with van der Waals surface area (Å²) in [4.78, 5) is 21.6. The first-order valence-corrected chi connectivity index (χ1v) is 10.4. The Labute approximate surface area is 189 Å². The van der Waals surface area contributed by atoms with E-state index >= 15 is 0 Å². The number of rotatable bonds is 5. The van der Waals surface area contributed by atoms with Crippen LogP contribution in [0.15, 0.2) is 29.1 Å². The molecule has 0 unspecified atom stereocenters. The molecular weight excluding hydrogens is 435 g/mol. The van der Waals surface area contributed by atoms with Crippen LogP contribution in [0.1, 0.15) is 50.7 Å². The molecule has 1 atom stereocenters. The minimum absolute atomic E-state index is 0.00365. The summed E-state index contributed by atoms with van der Waals surface area (Å²) in [5.74, 6) is 1.01. The number of nitrogens with two attached hydrogens (primary N) is 1. The number of fused-ring (bicyclic) bond motifs is 1. The van der Waals surface area contributed by atoms with Gasteiger partial charge < -0.3 is 15.8 Å². The van der Waals surface area contributed by atoms with Gasteiger partial charge in [-0.3, -0.25) is 9.36 Å². The molecule has 0 spiro atoms. The molecule has 0 saturated heterocycles. The Hall–Kier alpha value is -3.30. The third-order valence-corrected chi connectivity index (χ3v) is 4.97. The van der Waals surface area contributed by atoms with Gasteiger partial charge in [0.25, 0.3) is 5.56 Å². The van der Waals surface area contributed by atoms with E-state index in [2.05, 4.69) is 15.3 Å². The van der Waals surface area contributed by atoms with Crippen LogP contribution < -0.4 is 21.3 Å². The van der Waals surface area contributed by atoms with E-state index in [-0.39, 0.29) is 22.2 Å². The van der Waals surface area contributed by atoms with E-state index < -0.39 is 17.8 Å². The van der Waals surface area contributed by atoms with Crippen molar-refractivity contribution in [3.05, 3.63) is 51.6 Å². The molecule has 3 N–H and O–H groups in total. The molecule has 1 aromatic carbocycles. The van der Waals surface area contributed by atoms with E-state index in [0.717, 1.165) is 12.1 Å². The van der Waals surface area contributed by atoms with Crippen molar-refractivity contribution < 1.29 is 17.9 Å². The molecule has 0 saturated carbocycles. The monoisotopic (exact) mass is 463 g/mol. The zero-order chi connectivity index (χ0) is 24.7. The van der Waals surface area contributed by atoms with Crippen LogP contribution in [0.2, 0.25) is 0 Å². The highest BCUT2D eigenvalue weighted by Crippen LogP contribution is 2.34. The zero-order valence-electron chi connectivity index (χ0n) is 19.5. The van der Waals surface area contributed by atoms with Gasteiger partial charge >= 0.3 is 6.18 Å².